The second kappa shape index (κ2) is 9.48. The summed E-state index contributed by atoms with van der Waals surface area (Å²) in [5.41, 5.74) is 0.502. The second-order valence-corrected chi connectivity index (χ2v) is 6.62. The summed E-state index contributed by atoms with van der Waals surface area (Å²) >= 11 is 0. The number of aliphatic carboxylic acids is 1. The van der Waals surface area contributed by atoms with Gasteiger partial charge in [-0.1, -0.05) is 30.3 Å². The summed E-state index contributed by atoms with van der Waals surface area (Å²) < 4.78 is 42.9. The van der Waals surface area contributed by atoms with Gasteiger partial charge in [0.2, 0.25) is 0 Å². The van der Waals surface area contributed by atoms with E-state index >= 15 is 0 Å². The highest BCUT2D eigenvalue weighted by Crippen LogP contribution is 2.22. The third-order valence-corrected chi connectivity index (χ3v) is 4.31. The van der Waals surface area contributed by atoms with E-state index in [1.54, 1.807) is 30.3 Å². The summed E-state index contributed by atoms with van der Waals surface area (Å²) in [4.78, 5) is 21.2. The van der Waals surface area contributed by atoms with Crippen molar-refractivity contribution in [2.75, 3.05) is 13.1 Å². The normalized spacial score (nSPS) is 13.5. The predicted molar refractivity (Wildman–Crippen MR) is 106 cm³/mol. The number of benzene rings is 3. The molecule has 0 saturated carbocycles. The van der Waals surface area contributed by atoms with Gasteiger partial charge in [0.1, 0.15) is 17.6 Å². The van der Waals surface area contributed by atoms with Crippen molar-refractivity contribution in [2.24, 2.45) is 0 Å². The quantitative estimate of drug-likeness (QED) is 0.477. The third kappa shape index (κ3) is 6.19. The molecule has 0 bridgehead atoms. The number of hydrogen-bond donors (Lipinski definition) is 2. The minimum atomic E-state index is -5.08. The molecule has 0 aliphatic carbocycles. The zero-order valence-corrected chi connectivity index (χ0v) is 16.1. The van der Waals surface area contributed by atoms with Crippen LogP contribution in [0.4, 0.5) is 13.2 Å². The van der Waals surface area contributed by atoms with Gasteiger partial charge in [0.15, 0.2) is 0 Å². The van der Waals surface area contributed by atoms with Gasteiger partial charge in [-0.3, -0.25) is 0 Å². The number of carboxylic acid groups (broad SMARTS) is 1. The molecular formula is C22H18F3NO5. The van der Waals surface area contributed by atoms with Gasteiger partial charge in [0, 0.05) is 13.1 Å². The van der Waals surface area contributed by atoms with E-state index < -0.39 is 12.1 Å². The Balaban J connectivity index is 0.000000339. The SMILES string of the molecule is O=C(O)C(F)(F)F.O=C(Oc1ccc2ccccc2c1)c1ccc(OC2CNC2)cc1. The van der Waals surface area contributed by atoms with Crippen LogP contribution in [0.1, 0.15) is 10.4 Å². The zero-order chi connectivity index (χ0) is 22.4. The number of fused-ring (bicyclic) bond motifs is 1. The van der Waals surface area contributed by atoms with Crippen LogP contribution in [0.15, 0.2) is 66.7 Å². The molecule has 1 fully saturated rings. The molecule has 31 heavy (non-hydrogen) atoms. The molecule has 0 spiro atoms. The van der Waals surface area contributed by atoms with Crippen LogP contribution >= 0.6 is 0 Å². The number of carbonyl (C=O) groups is 2. The lowest BCUT2D eigenvalue weighted by Crippen LogP contribution is -2.50. The Kier molecular flexibility index (Phi) is 6.76. The molecule has 2 N–H and O–H groups in total. The highest BCUT2D eigenvalue weighted by atomic mass is 19.4. The summed E-state index contributed by atoms with van der Waals surface area (Å²) in [5.74, 6) is -1.82. The summed E-state index contributed by atoms with van der Waals surface area (Å²) in [6.45, 7) is 1.73. The number of carbonyl (C=O) groups excluding carboxylic acids is 1. The highest BCUT2D eigenvalue weighted by molar-refractivity contribution is 5.92. The van der Waals surface area contributed by atoms with E-state index in [9.17, 15) is 18.0 Å². The first kappa shape index (κ1) is 22.1. The molecule has 1 saturated heterocycles. The fourth-order valence-electron chi connectivity index (χ4n) is 2.60. The molecule has 0 unspecified atom stereocenters. The number of nitrogens with one attached hydrogen (secondary N) is 1. The smallest absolute Gasteiger partial charge is 0.488 e. The van der Waals surface area contributed by atoms with Crippen molar-refractivity contribution in [3.63, 3.8) is 0 Å². The summed E-state index contributed by atoms with van der Waals surface area (Å²) in [6.07, 6.45) is -4.86. The Labute approximate surface area is 175 Å². The average Bonchev–Trinajstić information content (AvgIpc) is 2.71. The number of halogens is 3. The van der Waals surface area contributed by atoms with Crippen molar-refractivity contribution < 1.29 is 37.3 Å². The van der Waals surface area contributed by atoms with Crippen LogP contribution in [0.2, 0.25) is 0 Å². The Bertz CT molecular complexity index is 1060. The molecule has 3 aromatic rings. The van der Waals surface area contributed by atoms with Crippen LogP contribution in [0.25, 0.3) is 10.8 Å². The van der Waals surface area contributed by atoms with Crippen LogP contribution in [0.3, 0.4) is 0 Å². The highest BCUT2D eigenvalue weighted by Gasteiger charge is 2.38. The van der Waals surface area contributed by atoms with Gasteiger partial charge < -0.3 is 19.9 Å². The number of carboxylic acids is 1. The summed E-state index contributed by atoms with van der Waals surface area (Å²) in [6, 6.07) is 20.6. The first-order valence-corrected chi connectivity index (χ1v) is 9.21. The van der Waals surface area contributed by atoms with E-state index in [0.717, 1.165) is 29.6 Å². The topological polar surface area (TPSA) is 84.9 Å². The summed E-state index contributed by atoms with van der Waals surface area (Å²) in [7, 11) is 0. The molecule has 9 heteroatoms. The fourth-order valence-corrected chi connectivity index (χ4v) is 2.60. The van der Waals surface area contributed by atoms with Gasteiger partial charge in [0.25, 0.3) is 0 Å². The van der Waals surface area contributed by atoms with Crippen LogP contribution in [0.5, 0.6) is 11.5 Å². The minimum Gasteiger partial charge on any atom is -0.488 e. The first-order valence-electron chi connectivity index (χ1n) is 9.21. The molecule has 0 radical (unpaired) electrons. The van der Waals surface area contributed by atoms with E-state index in [-0.39, 0.29) is 12.1 Å². The number of esters is 1. The fraction of sp³-hybridized carbons (Fsp3) is 0.182. The third-order valence-electron chi connectivity index (χ3n) is 4.31. The van der Waals surface area contributed by atoms with E-state index in [0.29, 0.717) is 11.3 Å². The summed E-state index contributed by atoms with van der Waals surface area (Å²) in [5, 5.41) is 12.4. The van der Waals surface area contributed by atoms with E-state index in [2.05, 4.69) is 5.32 Å². The Morgan fingerprint density at radius 1 is 0.903 bits per heavy atom. The molecule has 0 aromatic heterocycles. The molecule has 1 heterocycles. The van der Waals surface area contributed by atoms with Crippen LogP contribution in [-0.4, -0.2) is 42.4 Å². The molecule has 1 aliphatic rings. The Hall–Kier alpha value is -3.59. The largest absolute Gasteiger partial charge is 0.490 e. The molecule has 4 rings (SSSR count). The second-order valence-electron chi connectivity index (χ2n) is 6.62. The zero-order valence-electron chi connectivity index (χ0n) is 16.1. The Morgan fingerprint density at radius 2 is 1.48 bits per heavy atom. The van der Waals surface area contributed by atoms with Crippen molar-refractivity contribution >= 4 is 22.7 Å². The molecule has 0 atom stereocenters. The molecule has 6 nitrogen and oxygen atoms in total. The maximum absolute atomic E-state index is 12.3. The van der Waals surface area contributed by atoms with Crippen molar-refractivity contribution in [1.29, 1.82) is 0 Å². The molecule has 3 aromatic carbocycles. The number of ether oxygens (including phenoxy) is 2. The van der Waals surface area contributed by atoms with Crippen LogP contribution in [-0.2, 0) is 4.79 Å². The van der Waals surface area contributed by atoms with Gasteiger partial charge >= 0.3 is 18.1 Å². The lowest BCUT2D eigenvalue weighted by molar-refractivity contribution is -0.192. The van der Waals surface area contributed by atoms with Gasteiger partial charge in [0.05, 0.1) is 5.56 Å². The van der Waals surface area contributed by atoms with Crippen molar-refractivity contribution in [2.45, 2.75) is 12.3 Å². The van der Waals surface area contributed by atoms with E-state index in [4.69, 9.17) is 19.4 Å². The van der Waals surface area contributed by atoms with Crippen molar-refractivity contribution in [3.05, 3.63) is 72.3 Å². The lowest BCUT2D eigenvalue weighted by Gasteiger charge is -2.27. The van der Waals surface area contributed by atoms with Crippen molar-refractivity contribution in [1.82, 2.24) is 5.32 Å². The Morgan fingerprint density at radius 3 is 2.03 bits per heavy atom. The van der Waals surface area contributed by atoms with Crippen LogP contribution < -0.4 is 14.8 Å². The monoisotopic (exact) mass is 433 g/mol. The standard InChI is InChI=1S/C20H17NO3.C2HF3O2/c22-20(15-6-8-17(9-7-15)23-19-12-21-13-19)24-18-10-5-14-3-1-2-4-16(14)11-18;3-2(4,5)1(6)7/h1-11,19,21H,12-13H2;(H,6,7). The van der Waals surface area contributed by atoms with Crippen molar-refractivity contribution in [3.8, 4) is 11.5 Å². The molecular weight excluding hydrogens is 415 g/mol. The molecule has 1 aliphatic heterocycles. The molecule has 162 valence electrons. The van der Waals surface area contributed by atoms with E-state index in [1.807, 2.05) is 36.4 Å². The van der Waals surface area contributed by atoms with Gasteiger partial charge in [-0.25, -0.2) is 9.59 Å². The number of rotatable bonds is 4. The first-order chi connectivity index (χ1) is 14.7. The minimum absolute atomic E-state index is 0.223. The number of hydrogen-bond acceptors (Lipinski definition) is 5. The lowest BCUT2D eigenvalue weighted by atomic mass is 10.1. The maximum atomic E-state index is 12.3. The van der Waals surface area contributed by atoms with Gasteiger partial charge in [-0.05, 0) is 47.2 Å². The average molecular weight is 433 g/mol. The van der Waals surface area contributed by atoms with Crippen LogP contribution in [0, 0.1) is 0 Å². The van der Waals surface area contributed by atoms with E-state index in [1.165, 1.54) is 0 Å². The molecule has 0 amide bonds. The maximum Gasteiger partial charge on any atom is 0.490 e. The predicted octanol–water partition coefficient (Wildman–Crippen LogP) is 4.04. The number of alkyl halides is 3. The van der Waals surface area contributed by atoms with Gasteiger partial charge in [-0.15, -0.1) is 0 Å². The van der Waals surface area contributed by atoms with Gasteiger partial charge in [-0.2, -0.15) is 13.2 Å².